The van der Waals surface area contributed by atoms with E-state index in [2.05, 4.69) is 81.9 Å². The van der Waals surface area contributed by atoms with Crippen molar-refractivity contribution in [3.63, 3.8) is 0 Å². The zero-order chi connectivity index (χ0) is 18.2. The number of fused-ring (bicyclic) bond motifs is 1. The summed E-state index contributed by atoms with van der Waals surface area (Å²) in [6, 6.07) is 8.67. The minimum Gasteiger partial charge on any atom is -0.352 e. The van der Waals surface area contributed by atoms with Crippen LogP contribution in [0.25, 0.3) is 0 Å². The van der Waals surface area contributed by atoms with Gasteiger partial charge in [-0.05, 0) is 54.8 Å². The maximum atomic E-state index is 12.6. The molecule has 134 valence electrons. The molecule has 0 spiro atoms. The van der Waals surface area contributed by atoms with Gasteiger partial charge in [-0.2, -0.15) is 0 Å². The normalized spacial score (nSPS) is 14.5. The van der Waals surface area contributed by atoms with E-state index in [0.29, 0.717) is 13.0 Å². The van der Waals surface area contributed by atoms with Crippen molar-refractivity contribution >= 4 is 37.8 Å². The van der Waals surface area contributed by atoms with Crippen LogP contribution in [0.4, 0.5) is 0 Å². The van der Waals surface area contributed by atoms with Crippen LogP contribution in [0.5, 0.6) is 0 Å². The van der Waals surface area contributed by atoms with Crippen LogP contribution in [0.15, 0.2) is 33.3 Å². The lowest BCUT2D eigenvalue weighted by molar-refractivity contribution is -0.132. The minimum atomic E-state index is 0.165. The number of nitrogens with zero attached hydrogens (tertiary/aromatic N) is 1. The molecule has 1 amide bonds. The molecule has 0 unspecified atom stereocenters. The van der Waals surface area contributed by atoms with E-state index in [1.54, 1.807) is 0 Å². The fourth-order valence-corrected chi connectivity index (χ4v) is 4.16. The van der Waals surface area contributed by atoms with Crippen molar-refractivity contribution < 1.29 is 4.79 Å². The van der Waals surface area contributed by atoms with Gasteiger partial charge in [0.2, 0.25) is 5.91 Å². The van der Waals surface area contributed by atoms with E-state index < -0.39 is 0 Å². The van der Waals surface area contributed by atoms with Crippen LogP contribution < -0.4 is 0 Å². The van der Waals surface area contributed by atoms with Crippen LogP contribution in [0.3, 0.4) is 0 Å². The molecule has 0 fully saturated rings. The third-order valence-corrected chi connectivity index (χ3v) is 6.87. The maximum Gasteiger partial charge on any atom is 0.223 e. The SMILES string of the molecule is CC(C)(C)c1ccc(CCC(=O)N2CCc3[nH]c(Br)c(Br)c3C2)cc1. The Kier molecular flexibility index (Phi) is 5.45. The first kappa shape index (κ1) is 18.7. The number of hydrogen-bond donors (Lipinski definition) is 1. The van der Waals surface area contributed by atoms with Crippen molar-refractivity contribution in [2.45, 2.75) is 52.0 Å². The molecule has 1 aromatic heterocycles. The number of H-pyrrole nitrogens is 1. The van der Waals surface area contributed by atoms with Gasteiger partial charge in [0.1, 0.15) is 0 Å². The lowest BCUT2D eigenvalue weighted by atomic mass is 9.86. The lowest BCUT2D eigenvalue weighted by Gasteiger charge is -2.27. The Bertz CT molecular complexity index is 772. The van der Waals surface area contributed by atoms with E-state index in [1.807, 2.05) is 4.90 Å². The number of nitrogens with one attached hydrogen (secondary N) is 1. The van der Waals surface area contributed by atoms with Crippen LogP contribution in [0.1, 0.15) is 49.6 Å². The number of rotatable bonds is 3. The topological polar surface area (TPSA) is 36.1 Å². The molecular formula is C20H24Br2N2O. The van der Waals surface area contributed by atoms with Gasteiger partial charge in [0, 0.05) is 37.2 Å². The van der Waals surface area contributed by atoms with E-state index in [1.165, 1.54) is 22.4 Å². The van der Waals surface area contributed by atoms with Gasteiger partial charge < -0.3 is 9.88 Å². The first-order chi connectivity index (χ1) is 11.8. The zero-order valence-electron chi connectivity index (χ0n) is 15.0. The minimum absolute atomic E-state index is 0.165. The summed E-state index contributed by atoms with van der Waals surface area (Å²) in [6.07, 6.45) is 2.24. The van der Waals surface area contributed by atoms with Gasteiger partial charge in [0.25, 0.3) is 0 Å². The first-order valence-electron chi connectivity index (χ1n) is 8.67. The summed E-state index contributed by atoms with van der Waals surface area (Å²) < 4.78 is 2.00. The molecule has 5 heteroatoms. The van der Waals surface area contributed by atoms with Crippen molar-refractivity contribution in [3.8, 4) is 0 Å². The van der Waals surface area contributed by atoms with E-state index in [0.717, 1.165) is 28.5 Å². The van der Waals surface area contributed by atoms with E-state index in [-0.39, 0.29) is 11.3 Å². The van der Waals surface area contributed by atoms with Crippen molar-refractivity contribution in [3.05, 3.63) is 55.7 Å². The lowest BCUT2D eigenvalue weighted by Crippen LogP contribution is -2.36. The van der Waals surface area contributed by atoms with Crippen LogP contribution >= 0.6 is 31.9 Å². The van der Waals surface area contributed by atoms with Crippen LogP contribution in [-0.2, 0) is 29.6 Å². The fourth-order valence-electron chi connectivity index (χ4n) is 3.22. The second-order valence-corrected chi connectivity index (χ2v) is 9.31. The first-order valence-corrected chi connectivity index (χ1v) is 10.3. The molecule has 3 rings (SSSR count). The molecule has 0 radical (unpaired) electrons. The molecule has 1 aliphatic heterocycles. The monoisotopic (exact) mass is 466 g/mol. The average Bonchev–Trinajstić information content (AvgIpc) is 2.86. The molecule has 0 bridgehead atoms. The maximum absolute atomic E-state index is 12.6. The highest BCUT2D eigenvalue weighted by atomic mass is 79.9. The number of benzene rings is 1. The zero-order valence-corrected chi connectivity index (χ0v) is 18.1. The van der Waals surface area contributed by atoms with Gasteiger partial charge >= 0.3 is 0 Å². The quantitative estimate of drug-likeness (QED) is 0.648. The van der Waals surface area contributed by atoms with E-state index >= 15 is 0 Å². The molecule has 1 aliphatic rings. The predicted molar refractivity (Wildman–Crippen MR) is 109 cm³/mol. The molecule has 25 heavy (non-hydrogen) atoms. The number of aromatic amines is 1. The molecule has 0 atom stereocenters. The van der Waals surface area contributed by atoms with Gasteiger partial charge in [0.05, 0.1) is 9.08 Å². The van der Waals surface area contributed by atoms with Crippen molar-refractivity contribution in [2.24, 2.45) is 0 Å². The van der Waals surface area contributed by atoms with Crippen molar-refractivity contribution in [1.82, 2.24) is 9.88 Å². The summed E-state index contributed by atoms with van der Waals surface area (Å²) in [5, 5.41) is 0. The molecule has 2 heterocycles. The molecule has 0 saturated heterocycles. The summed E-state index contributed by atoms with van der Waals surface area (Å²) in [6.45, 7) is 8.11. The van der Waals surface area contributed by atoms with Crippen molar-refractivity contribution in [2.75, 3.05) is 6.54 Å². The second kappa shape index (κ2) is 7.28. The van der Waals surface area contributed by atoms with E-state index in [9.17, 15) is 4.79 Å². The second-order valence-electron chi connectivity index (χ2n) is 7.72. The highest BCUT2D eigenvalue weighted by Crippen LogP contribution is 2.33. The summed E-state index contributed by atoms with van der Waals surface area (Å²) in [7, 11) is 0. The van der Waals surface area contributed by atoms with Gasteiger partial charge in [-0.15, -0.1) is 0 Å². The number of carbonyl (C=O) groups is 1. The van der Waals surface area contributed by atoms with Crippen LogP contribution in [0.2, 0.25) is 0 Å². The number of carbonyl (C=O) groups excluding carboxylic acids is 1. The van der Waals surface area contributed by atoms with E-state index in [4.69, 9.17) is 0 Å². The Morgan fingerprint density at radius 2 is 1.88 bits per heavy atom. The van der Waals surface area contributed by atoms with Gasteiger partial charge in [0.15, 0.2) is 0 Å². The number of aromatic nitrogens is 1. The standard InChI is InChI=1S/C20H24Br2N2O/c1-20(2,3)14-7-4-13(5-8-14)6-9-17(25)24-11-10-16-15(12-24)18(21)19(22)23-16/h4-5,7-8,23H,6,9-12H2,1-3H3. The number of halogens is 2. The predicted octanol–water partition coefficient (Wildman–Crippen LogP) is 5.35. The third kappa shape index (κ3) is 4.20. The molecule has 0 saturated carbocycles. The summed E-state index contributed by atoms with van der Waals surface area (Å²) in [5.41, 5.74) is 5.14. The van der Waals surface area contributed by atoms with Crippen LogP contribution in [0, 0.1) is 0 Å². The average molecular weight is 468 g/mol. The Balaban J connectivity index is 1.59. The van der Waals surface area contributed by atoms with Gasteiger partial charge in [-0.1, -0.05) is 45.0 Å². The highest BCUT2D eigenvalue weighted by Gasteiger charge is 2.25. The Hall–Kier alpha value is -1.07. The molecule has 1 aromatic carbocycles. The summed E-state index contributed by atoms with van der Waals surface area (Å²) in [5.74, 6) is 0.231. The van der Waals surface area contributed by atoms with Crippen molar-refractivity contribution in [1.29, 1.82) is 0 Å². The Morgan fingerprint density at radius 1 is 1.20 bits per heavy atom. The van der Waals surface area contributed by atoms with Gasteiger partial charge in [-0.25, -0.2) is 0 Å². The highest BCUT2D eigenvalue weighted by molar-refractivity contribution is 9.13. The molecular weight excluding hydrogens is 444 g/mol. The Labute approximate surface area is 166 Å². The largest absolute Gasteiger partial charge is 0.352 e. The molecule has 1 N–H and O–H groups in total. The number of aryl methyl sites for hydroxylation is 1. The molecule has 3 nitrogen and oxygen atoms in total. The molecule has 2 aromatic rings. The Morgan fingerprint density at radius 3 is 2.52 bits per heavy atom. The fraction of sp³-hybridized carbons (Fsp3) is 0.450. The molecule has 0 aliphatic carbocycles. The summed E-state index contributed by atoms with van der Waals surface area (Å²) >= 11 is 7.10. The smallest absolute Gasteiger partial charge is 0.223 e. The third-order valence-electron chi connectivity index (χ3n) is 4.86. The number of amides is 1. The van der Waals surface area contributed by atoms with Gasteiger partial charge in [-0.3, -0.25) is 4.79 Å². The summed E-state index contributed by atoms with van der Waals surface area (Å²) in [4.78, 5) is 17.9. The number of hydrogen-bond acceptors (Lipinski definition) is 1. The van der Waals surface area contributed by atoms with Crippen LogP contribution in [-0.4, -0.2) is 22.3 Å².